The molecule has 5 amide bonds. The number of hydrogen-bond donors (Lipinski definition) is 7. The lowest BCUT2D eigenvalue weighted by Gasteiger charge is -2.26. The van der Waals surface area contributed by atoms with E-state index in [1.807, 2.05) is 62.4 Å². The molecule has 0 radical (unpaired) electrons. The molecule has 0 spiro atoms. The Morgan fingerprint density at radius 1 is 0.700 bits per heavy atom. The van der Waals surface area contributed by atoms with Crippen LogP contribution in [-0.2, 0) is 41.6 Å². The Balaban J connectivity index is 1.76. The first kappa shape index (κ1) is 39.2. The molecular weight excluding hydrogens is 640 g/mol. The summed E-state index contributed by atoms with van der Waals surface area (Å²) in [6, 6.07) is 10.3. The maximum absolute atomic E-state index is 13.8. The van der Waals surface area contributed by atoms with E-state index in [0.29, 0.717) is 11.5 Å². The quantitative estimate of drug-likeness (QED) is 0.106. The summed E-state index contributed by atoms with van der Waals surface area (Å²) in [4.78, 5) is 80.1. The number of rotatable bonds is 18. The van der Waals surface area contributed by atoms with Crippen LogP contribution in [0.2, 0.25) is 0 Å². The van der Waals surface area contributed by atoms with E-state index in [4.69, 9.17) is 5.73 Å². The first-order chi connectivity index (χ1) is 23.5. The number of fused-ring (bicyclic) bond motifs is 1. The zero-order valence-electron chi connectivity index (χ0n) is 29.5. The number of para-hydroxylation sites is 1. The van der Waals surface area contributed by atoms with Crippen molar-refractivity contribution >= 4 is 46.4 Å². The van der Waals surface area contributed by atoms with Gasteiger partial charge in [-0.3, -0.25) is 28.8 Å². The van der Waals surface area contributed by atoms with Crippen LogP contribution in [0, 0.1) is 11.8 Å². The van der Waals surface area contributed by atoms with Crippen LogP contribution in [0.25, 0.3) is 10.9 Å². The van der Waals surface area contributed by atoms with Gasteiger partial charge in [-0.2, -0.15) is 0 Å². The van der Waals surface area contributed by atoms with Gasteiger partial charge in [-0.1, -0.05) is 70.2 Å². The maximum Gasteiger partial charge on any atom is 0.305 e. The Morgan fingerprint density at radius 3 is 1.90 bits per heavy atom. The number of hydrogen-bond acceptors (Lipinski definition) is 6. The van der Waals surface area contributed by atoms with E-state index in [1.54, 1.807) is 13.1 Å². The second kappa shape index (κ2) is 18.0. The van der Waals surface area contributed by atoms with Crippen LogP contribution in [0.1, 0.15) is 77.0 Å². The lowest BCUT2D eigenvalue weighted by atomic mass is 9.96. The molecule has 270 valence electrons. The Labute approximate surface area is 292 Å². The van der Waals surface area contributed by atoms with Gasteiger partial charge in [0.05, 0.1) is 12.3 Å². The van der Waals surface area contributed by atoms with Crippen molar-refractivity contribution in [3.05, 3.63) is 71.4 Å². The molecule has 1 heterocycles. The molecule has 5 atom stereocenters. The molecule has 0 unspecified atom stereocenters. The lowest BCUT2D eigenvalue weighted by Crippen LogP contribution is -2.58. The van der Waals surface area contributed by atoms with Crippen LogP contribution in [0.3, 0.4) is 0 Å². The normalized spacial score (nSPS) is 14.3. The lowest BCUT2D eigenvalue weighted by molar-refractivity contribution is -0.140. The monoisotopic (exact) mass is 690 g/mol. The highest BCUT2D eigenvalue weighted by Gasteiger charge is 2.32. The average molecular weight is 691 g/mol. The highest BCUT2D eigenvalue weighted by molar-refractivity contribution is 5.97. The topological polar surface area (TPSA) is 213 Å². The van der Waals surface area contributed by atoms with Gasteiger partial charge in [0.25, 0.3) is 0 Å². The molecule has 0 saturated heterocycles. The van der Waals surface area contributed by atoms with E-state index in [9.17, 15) is 33.9 Å². The van der Waals surface area contributed by atoms with E-state index in [1.165, 1.54) is 12.5 Å². The smallest absolute Gasteiger partial charge is 0.305 e. The van der Waals surface area contributed by atoms with Crippen molar-refractivity contribution in [3.63, 3.8) is 0 Å². The van der Waals surface area contributed by atoms with Crippen LogP contribution in [0.5, 0.6) is 0 Å². The molecule has 1 aromatic heterocycles. The molecule has 0 aliphatic rings. The van der Waals surface area contributed by atoms with E-state index in [0.717, 1.165) is 22.9 Å². The molecule has 8 N–H and O–H groups in total. The van der Waals surface area contributed by atoms with Gasteiger partial charge in [0.1, 0.15) is 24.2 Å². The SMILES string of the molecule is CC(C)Cc1ccc([C@@H](C)C(=O)N[C@@H](C)C(=O)N[C@@H](CC(C)C)C(=O)N[C@@H](Cc2c[nH]c3ccccc23)C(=O)N[C@@H](CC(=O)O)C(N)=O)cc1. The fraction of sp³-hybridized carbons (Fsp3) is 0.459. The number of aliphatic carboxylic acids is 1. The second-order valence-electron chi connectivity index (χ2n) is 13.7. The largest absolute Gasteiger partial charge is 0.481 e. The minimum Gasteiger partial charge on any atom is -0.481 e. The summed E-state index contributed by atoms with van der Waals surface area (Å²) < 4.78 is 0. The zero-order chi connectivity index (χ0) is 37.1. The van der Waals surface area contributed by atoms with Gasteiger partial charge in [-0.05, 0) is 61.3 Å². The summed E-state index contributed by atoms with van der Waals surface area (Å²) in [6.07, 6.45) is 2.06. The van der Waals surface area contributed by atoms with E-state index in [-0.39, 0.29) is 24.7 Å². The van der Waals surface area contributed by atoms with Gasteiger partial charge in [0, 0.05) is 23.5 Å². The zero-order valence-corrected chi connectivity index (χ0v) is 29.5. The number of nitrogens with two attached hydrogens (primary N) is 1. The summed E-state index contributed by atoms with van der Waals surface area (Å²) in [7, 11) is 0. The fourth-order valence-corrected chi connectivity index (χ4v) is 5.64. The molecule has 0 aliphatic heterocycles. The summed E-state index contributed by atoms with van der Waals surface area (Å²) in [6.45, 7) is 11.3. The number of aromatic amines is 1. The number of aromatic nitrogens is 1. The van der Waals surface area contributed by atoms with Crippen LogP contribution < -0.4 is 27.0 Å². The van der Waals surface area contributed by atoms with Gasteiger partial charge in [-0.25, -0.2) is 0 Å². The number of carbonyl (C=O) groups is 6. The number of carbonyl (C=O) groups excluding carboxylic acids is 5. The molecule has 0 fully saturated rings. The fourth-order valence-electron chi connectivity index (χ4n) is 5.64. The maximum atomic E-state index is 13.8. The third-order valence-corrected chi connectivity index (χ3v) is 8.38. The van der Waals surface area contributed by atoms with Crippen molar-refractivity contribution in [2.24, 2.45) is 17.6 Å². The molecule has 3 rings (SSSR count). The molecule has 2 aromatic carbocycles. The summed E-state index contributed by atoms with van der Waals surface area (Å²) in [5, 5.41) is 20.5. The first-order valence-corrected chi connectivity index (χ1v) is 16.9. The molecule has 0 aliphatic carbocycles. The van der Waals surface area contributed by atoms with Crippen LogP contribution in [0.15, 0.2) is 54.7 Å². The van der Waals surface area contributed by atoms with E-state index < -0.39 is 66.1 Å². The van der Waals surface area contributed by atoms with Gasteiger partial charge < -0.3 is 37.1 Å². The summed E-state index contributed by atoms with van der Waals surface area (Å²) >= 11 is 0. The van der Waals surface area contributed by atoms with Gasteiger partial charge in [-0.15, -0.1) is 0 Å². The summed E-state index contributed by atoms with van der Waals surface area (Å²) in [5.74, 6) is -4.90. The molecule has 0 saturated carbocycles. The van der Waals surface area contributed by atoms with Crippen LogP contribution in [-0.4, -0.2) is 69.8 Å². The minimum atomic E-state index is -1.52. The minimum absolute atomic E-state index is 0.0225. The van der Waals surface area contributed by atoms with Crippen molar-refractivity contribution in [3.8, 4) is 0 Å². The number of H-pyrrole nitrogens is 1. The van der Waals surface area contributed by atoms with Gasteiger partial charge in [0.2, 0.25) is 29.5 Å². The Hall–Kier alpha value is -5.20. The second-order valence-corrected chi connectivity index (χ2v) is 13.7. The third kappa shape index (κ3) is 11.5. The van der Waals surface area contributed by atoms with Gasteiger partial charge >= 0.3 is 5.97 Å². The van der Waals surface area contributed by atoms with Crippen LogP contribution >= 0.6 is 0 Å². The number of carboxylic acids is 1. The number of amides is 5. The molecule has 0 bridgehead atoms. The molecular formula is C37H50N6O7. The molecule has 13 heteroatoms. The van der Waals surface area contributed by atoms with Crippen molar-refractivity contribution in [1.29, 1.82) is 0 Å². The first-order valence-electron chi connectivity index (χ1n) is 16.9. The Bertz CT molecular complexity index is 1670. The van der Waals surface area contributed by atoms with Crippen molar-refractivity contribution < 1.29 is 33.9 Å². The predicted octanol–water partition coefficient (Wildman–Crippen LogP) is 2.68. The van der Waals surface area contributed by atoms with E-state index >= 15 is 0 Å². The Morgan fingerprint density at radius 2 is 1.30 bits per heavy atom. The predicted molar refractivity (Wildman–Crippen MR) is 190 cm³/mol. The molecule has 50 heavy (non-hydrogen) atoms. The highest BCUT2D eigenvalue weighted by atomic mass is 16.4. The number of primary amides is 1. The van der Waals surface area contributed by atoms with Gasteiger partial charge in [0.15, 0.2) is 0 Å². The highest BCUT2D eigenvalue weighted by Crippen LogP contribution is 2.20. The standard InChI is InChI=1S/C37H50N6O7/c1-20(2)15-24-11-13-25(14-12-24)22(5)34(47)40-23(6)35(48)42-30(16-21(3)4)36(49)43-31(37(50)41-29(33(38)46)18-32(44)45)17-26-19-39-28-10-8-7-9-27(26)28/h7-14,19-23,29-31,39H,15-18H2,1-6H3,(H2,38,46)(H,40,47)(H,41,50)(H,42,48)(H,43,49)(H,44,45)/t22-,23+,29+,30+,31+/m1/s1. The van der Waals surface area contributed by atoms with Crippen molar-refractivity contribution in [1.82, 2.24) is 26.3 Å². The summed E-state index contributed by atoms with van der Waals surface area (Å²) in [5.41, 5.74) is 8.81. The van der Waals surface area contributed by atoms with E-state index in [2.05, 4.69) is 40.1 Å². The number of benzene rings is 2. The Kier molecular flexibility index (Phi) is 14.1. The van der Waals surface area contributed by atoms with Crippen molar-refractivity contribution in [2.75, 3.05) is 0 Å². The molecule has 3 aromatic rings. The van der Waals surface area contributed by atoms with Crippen LogP contribution in [0.4, 0.5) is 0 Å². The molecule has 13 nitrogen and oxygen atoms in total. The average Bonchev–Trinajstić information content (AvgIpc) is 3.45. The number of nitrogens with one attached hydrogen (secondary N) is 5. The van der Waals surface area contributed by atoms with Crippen molar-refractivity contribution in [2.45, 2.75) is 97.3 Å². The third-order valence-electron chi connectivity index (χ3n) is 8.38. The number of carboxylic acid groups (broad SMARTS) is 1.